The highest BCUT2D eigenvalue weighted by molar-refractivity contribution is 5.85. The number of rotatable bonds is 2. The molecule has 0 amide bonds. The fourth-order valence-corrected chi connectivity index (χ4v) is 2.73. The lowest BCUT2D eigenvalue weighted by molar-refractivity contribution is 0.0231. The van der Waals surface area contributed by atoms with E-state index >= 15 is 0 Å². The summed E-state index contributed by atoms with van der Waals surface area (Å²) in [5, 5.41) is 6.19. The Morgan fingerprint density at radius 2 is 1.94 bits per heavy atom. The molecule has 18 heavy (non-hydrogen) atoms. The lowest BCUT2D eigenvalue weighted by Gasteiger charge is -2.18. The van der Waals surface area contributed by atoms with Crippen LogP contribution in [-0.2, 0) is 11.2 Å². The summed E-state index contributed by atoms with van der Waals surface area (Å²) in [4.78, 5) is 0. The molecule has 1 heterocycles. The molecule has 1 aliphatic heterocycles. The van der Waals surface area contributed by atoms with Crippen LogP contribution in [0.15, 0.2) is 42.5 Å². The summed E-state index contributed by atoms with van der Waals surface area (Å²) in [6.07, 6.45) is 1.02. The van der Waals surface area contributed by atoms with E-state index in [1.54, 1.807) is 0 Å². The number of nitrogens with one attached hydrogen (secondary N) is 1. The van der Waals surface area contributed by atoms with E-state index in [4.69, 9.17) is 4.74 Å². The van der Waals surface area contributed by atoms with Crippen LogP contribution in [0.5, 0.6) is 0 Å². The lowest BCUT2D eigenvalue weighted by Crippen LogP contribution is -2.39. The molecular formula is C16H19NO. The molecular weight excluding hydrogens is 222 g/mol. The van der Waals surface area contributed by atoms with Gasteiger partial charge in [-0.15, -0.1) is 0 Å². The van der Waals surface area contributed by atoms with Crippen molar-refractivity contribution in [2.45, 2.75) is 32.0 Å². The molecule has 2 heteroatoms. The normalized spacial score (nSPS) is 22.4. The first-order valence-electron chi connectivity index (χ1n) is 6.52. The standard InChI is InChI=1S/C16H19NO/c1-16(2)17-14(11-18-16)10-13-8-5-7-12-6-3-4-9-15(12)13/h3-9,14,17H,10-11H2,1-2H3/t14-/m0/s1. The van der Waals surface area contributed by atoms with Crippen LogP contribution < -0.4 is 5.32 Å². The van der Waals surface area contributed by atoms with Crippen molar-refractivity contribution in [2.24, 2.45) is 0 Å². The minimum Gasteiger partial charge on any atom is -0.360 e. The third-order valence-electron chi connectivity index (χ3n) is 3.54. The Bertz CT molecular complexity index is 557. The van der Waals surface area contributed by atoms with Gasteiger partial charge in [-0.1, -0.05) is 42.5 Å². The maximum atomic E-state index is 5.73. The van der Waals surface area contributed by atoms with Gasteiger partial charge in [0.2, 0.25) is 0 Å². The summed E-state index contributed by atoms with van der Waals surface area (Å²) in [6.45, 7) is 4.95. The van der Waals surface area contributed by atoms with Gasteiger partial charge < -0.3 is 4.74 Å². The molecule has 1 fully saturated rings. The molecule has 1 N–H and O–H groups in total. The molecule has 1 aliphatic rings. The number of ether oxygens (including phenoxy) is 1. The van der Waals surface area contributed by atoms with E-state index in [0.717, 1.165) is 13.0 Å². The number of fused-ring (bicyclic) bond motifs is 1. The summed E-state index contributed by atoms with van der Waals surface area (Å²) in [5.74, 6) is 0. The summed E-state index contributed by atoms with van der Waals surface area (Å²) >= 11 is 0. The zero-order valence-corrected chi connectivity index (χ0v) is 10.9. The molecule has 1 saturated heterocycles. The highest BCUT2D eigenvalue weighted by Crippen LogP contribution is 2.22. The van der Waals surface area contributed by atoms with Crippen molar-refractivity contribution in [1.29, 1.82) is 0 Å². The Morgan fingerprint density at radius 1 is 1.17 bits per heavy atom. The van der Waals surface area contributed by atoms with Crippen LogP contribution in [0.4, 0.5) is 0 Å². The Hall–Kier alpha value is -1.38. The van der Waals surface area contributed by atoms with E-state index in [0.29, 0.717) is 6.04 Å². The van der Waals surface area contributed by atoms with E-state index in [1.165, 1.54) is 16.3 Å². The van der Waals surface area contributed by atoms with Crippen LogP contribution in [0.1, 0.15) is 19.4 Å². The van der Waals surface area contributed by atoms with Crippen molar-refractivity contribution in [3.05, 3.63) is 48.0 Å². The van der Waals surface area contributed by atoms with Crippen molar-refractivity contribution in [1.82, 2.24) is 5.32 Å². The van der Waals surface area contributed by atoms with Crippen molar-refractivity contribution < 1.29 is 4.74 Å². The van der Waals surface area contributed by atoms with E-state index in [-0.39, 0.29) is 5.72 Å². The molecule has 3 rings (SSSR count). The van der Waals surface area contributed by atoms with Crippen LogP contribution in [0.3, 0.4) is 0 Å². The number of hydrogen-bond donors (Lipinski definition) is 1. The fraction of sp³-hybridized carbons (Fsp3) is 0.375. The fourth-order valence-electron chi connectivity index (χ4n) is 2.73. The maximum absolute atomic E-state index is 5.73. The molecule has 0 aliphatic carbocycles. The summed E-state index contributed by atoms with van der Waals surface area (Å²) in [6, 6.07) is 15.5. The molecule has 94 valence electrons. The molecule has 2 aromatic rings. The van der Waals surface area contributed by atoms with Crippen LogP contribution >= 0.6 is 0 Å². The largest absolute Gasteiger partial charge is 0.360 e. The zero-order chi connectivity index (χ0) is 12.6. The van der Waals surface area contributed by atoms with E-state index in [1.807, 2.05) is 0 Å². The van der Waals surface area contributed by atoms with Gasteiger partial charge in [-0.25, -0.2) is 0 Å². The van der Waals surface area contributed by atoms with Crippen LogP contribution in [0.2, 0.25) is 0 Å². The maximum Gasteiger partial charge on any atom is 0.113 e. The average molecular weight is 241 g/mol. The average Bonchev–Trinajstić information content (AvgIpc) is 2.69. The number of benzene rings is 2. The van der Waals surface area contributed by atoms with Crippen molar-refractivity contribution in [2.75, 3.05) is 6.61 Å². The second-order valence-corrected chi connectivity index (χ2v) is 5.50. The Labute approximate surface area is 108 Å². The van der Waals surface area contributed by atoms with E-state index < -0.39 is 0 Å². The molecule has 1 atom stereocenters. The monoisotopic (exact) mass is 241 g/mol. The van der Waals surface area contributed by atoms with Crippen molar-refractivity contribution in [3.63, 3.8) is 0 Å². The summed E-state index contributed by atoms with van der Waals surface area (Å²) < 4.78 is 5.73. The topological polar surface area (TPSA) is 21.3 Å². The van der Waals surface area contributed by atoms with Crippen molar-refractivity contribution >= 4 is 10.8 Å². The molecule has 2 aromatic carbocycles. The lowest BCUT2D eigenvalue weighted by atomic mass is 9.99. The van der Waals surface area contributed by atoms with Gasteiger partial charge in [-0.2, -0.15) is 0 Å². The SMILES string of the molecule is CC1(C)N[C@@H](Cc2cccc3ccccc23)CO1. The van der Waals surface area contributed by atoms with Crippen LogP contribution in [-0.4, -0.2) is 18.4 Å². The van der Waals surface area contributed by atoms with Gasteiger partial charge in [0.1, 0.15) is 5.72 Å². The van der Waals surface area contributed by atoms with Crippen LogP contribution in [0, 0.1) is 0 Å². The van der Waals surface area contributed by atoms with Gasteiger partial charge in [0.25, 0.3) is 0 Å². The quantitative estimate of drug-likeness (QED) is 0.872. The molecule has 0 radical (unpaired) electrons. The van der Waals surface area contributed by atoms with Gasteiger partial charge in [-0.3, -0.25) is 5.32 Å². The molecule has 0 aromatic heterocycles. The van der Waals surface area contributed by atoms with Gasteiger partial charge in [0, 0.05) is 6.04 Å². The highest BCUT2D eigenvalue weighted by atomic mass is 16.5. The smallest absolute Gasteiger partial charge is 0.113 e. The molecule has 0 saturated carbocycles. The molecule has 2 nitrogen and oxygen atoms in total. The second kappa shape index (κ2) is 4.38. The Kier molecular flexibility index (Phi) is 2.84. The molecule has 0 bridgehead atoms. The predicted molar refractivity (Wildman–Crippen MR) is 74.6 cm³/mol. The second-order valence-electron chi connectivity index (χ2n) is 5.50. The highest BCUT2D eigenvalue weighted by Gasteiger charge is 2.30. The van der Waals surface area contributed by atoms with Gasteiger partial charge in [-0.05, 0) is 36.6 Å². The first-order chi connectivity index (χ1) is 8.64. The Morgan fingerprint density at radius 3 is 2.72 bits per heavy atom. The van der Waals surface area contributed by atoms with Gasteiger partial charge in [0.05, 0.1) is 6.61 Å². The van der Waals surface area contributed by atoms with Gasteiger partial charge >= 0.3 is 0 Å². The number of hydrogen-bond acceptors (Lipinski definition) is 2. The van der Waals surface area contributed by atoms with E-state index in [2.05, 4.69) is 61.6 Å². The zero-order valence-electron chi connectivity index (χ0n) is 10.9. The molecule has 0 unspecified atom stereocenters. The molecule has 0 spiro atoms. The first kappa shape index (κ1) is 11.7. The minimum atomic E-state index is -0.185. The van der Waals surface area contributed by atoms with Crippen LogP contribution in [0.25, 0.3) is 10.8 Å². The first-order valence-corrected chi connectivity index (χ1v) is 6.52. The van der Waals surface area contributed by atoms with E-state index in [9.17, 15) is 0 Å². The third-order valence-corrected chi connectivity index (χ3v) is 3.54. The van der Waals surface area contributed by atoms with Crippen molar-refractivity contribution in [3.8, 4) is 0 Å². The third kappa shape index (κ3) is 2.26. The Balaban J connectivity index is 1.87. The predicted octanol–water partition coefficient (Wildman–Crippen LogP) is 3.11. The minimum absolute atomic E-state index is 0.185. The van der Waals surface area contributed by atoms with Gasteiger partial charge in [0.15, 0.2) is 0 Å². The summed E-state index contributed by atoms with van der Waals surface area (Å²) in [7, 11) is 0. The summed E-state index contributed by atoms with van der Waals surface area (Å²) in [5.41, 5.74) is 1.21.